The Morgan fingerprint density at radius 3 is 2.67 bits per heavy atom. The fraction of sp³-hybridized carbons (Fsp3) is 0.308. The van der Waals surface area contributed by atoms with Gasteiger partial charge in [0.2, 0.25) is 0 Å². The summed E-state index contributed by atoms with van der Waals surface area (Å²) in [6.07, 6.45) is 2.50. The van der Waals surface area contributed by atoms with Crippen molar-refractivity contribution in [1.82, 2.24) is 30.0 Å². The average molecular weight is 539 g/mol. The maximum Gasteiger partial charge on any atom is 0.270 e. The van der Waals surface area contributed by atoms with E-state index in [1.165, 1.54) is 41.5 Å². The standard InChI is InChI=1S/C26H27ClN6OS2/c1-18-8-10-19(11-9-18)33-24(20-6-2-3-7-21(20)27)30-31-26(33)36-17-23-29-22(16-35-23)25(34)28-12-15-32-13-4-5-14-32/h2-3,6-11,16H,4-5,12-15,17H2,1H3,(H,28,34). The van der Waals surface area contributed by atoms with Crippen molar-refractivity contribution in [3.63, 3.8) is 0 Å². The molecule has 1 saturated heterocycles. The summed E-state index contributed by atoms with van der Waals surface area (Å²) in [7, 11) is 0. The molecule has 1 aliphatic heterocycles. The molecule has 36 heavy (non-hydrogen) atoms. The second kappa shape index (κ2) is 11.6. The number of nitrogens with one attached hydrogen (secondary N) is 1. The number of aryl methyl sites for hydroxylation is 1. The fourth-order valence-electron chi connectivity index (χ4n) is 4.14. The quantitative estimate of drug-likeness (QED) is 0.285. The van der Waals surface area contributed by atoms with E-state index in [1.807, 2.05) is 34.2 Å². The van der Waals surface area contributed by atoms with Crippen LogP contribution in [0.3, 0.4) is 0 Å². The van der Waals surface area contributed by atoms with Gasteiger partial charge in [-0.25, -0.2) is 4.98 Å². The molecule has 2 aromatic heterocycles. The van der Waals surface area contributed by atoms with Crippen molar-refractivity contribution in [3.05, 3.63) is 75.2 Å². The van der Waals surface area contributed by atoms with Gasteiger partial charge < -0.3 is 10.2 Å². The van der Waals surface area contributed by atoms with Crippen LogP contribution in [0.1, 0.15) is 33.9 Å². The van der Waals surface area contributed by atoms with Crippen molar-refractivity contribution in [1.29, 1.82) is 0 Å². The van der Waals surface area contributed by atoms with E-state index in [0.29, 0.717) is 28.8 Å². The zero-order chi connectivity index (χ0) is 24.9. The molecule has 10 heteroatoms. The van der Waals surface area contributed by atoms with Crippen LogP contribution >= 0.6 is 34.7 Å². The first kappa shape index (κ1) is 25.0. The molecule has 1 N–H and O–H groups in total. The van der Waals surface area contributed by atoms with E-state index >= 15 is 0 Å². The summed E-state index contributed by atoms with van der Waals surface area (Å²) in [4.78, 5) is 19.5. The molecule has 0 bridgehead atoms. The lowest BCUT2D eigenvalue weighted by atomic mass is 10.2. The lowest BCUT2D eigenvalue weighted by Gasteiger charge is -2.14. The van der Waals surface area contributed by atoms with Crippen molar-refractivity contribution < 1.29 is 4.79 Å². The Morgan fingerprint density at radius 2 is 1.89 bits per heavy atom. The first-order valence-electron chi connectivity index (χ1n) is 11.9. The Kier molecular flexibility index (Phi) is 8.01. The molecule has 3 heterocycles. The zero-order valence-electron chi connectivity index (χ0n) is 20.0. The Bertz CT molecular complexity index is 1330. The minimum absolute atomic E-state index is 0.120. The largest absolute Gasteiger partial charge is 0.349 e. The van der Waals surface area contributed by atoms with Crippen LogP contribution in [0.2, 0.25) is 5.02 Å². The molecule has 0 radical (unpaired) electrons. The number of amides is 1. The van der Waals surface area contributed by atoms with Gasteiger partial charge in [0, 0.05) is 29.7 Å². The van der Waals surface area contributed by atoms with Gasteiger partial charge >= 0.3 is 0 Å². The van der Waals surface area contributed by atoms with Crippen LogP contribution in [0.15, 0.2) is 59.1 Å². The summed E-state index contributed by atoms with van der Waals surface area (Å²) in [6, 6.07) is 15.9. The third kappa shape index (κ3) is 5.81. The molecule has 0 atom stereocenters. The third-order valence-corrected chi connectivity index (χ3v) is 8.36. The number of rotatable bonds is 9. The van der Waals surface area contributed by atoms with Gasteiger partial charge in [-0.15, -0.1) is 21.5 Å². The molecule has 0 saturated carbocycles. The number of nitrogens with zero attached hydrogens (tertiary/aromatic N) is 5. The number of carbonyl (C=O) groups excluding carboxylic acids is 1. The summed E-state index contributed by atoms with van der Waals surface area (Å²) in [5, 5.41) is 16.0. The smallest absolute Gasteiger partial charge is 0.270 e. The molecule has 0 spiro atoms. The lowest BCUT2D eigenvalue weighted by Crippen LogP contribution is -2.33. The van der Waals surface area contributed by atoms with Crippen molar-refractivity contribution in [2.75, 3.05) is 26.2 Å². The van der Waals surface area contributed by atoms with Crippen molar-refractivity contribution in [2.45, 2.75) is 30.7 Å². The molecule has 1 amide bonds. The first-order valence-corrected chi connectivity index (χ1v) is 14.2. The van der Waals surface area contributed by atoms with E-state index in [2.05, 4.69) is 56.6 Å². The van der Waals surface area contributed by atoms with Gasteiger partial charge in [0.1, 0.15) is 10.7 Å². The van der Waals surface area contributed by atoms with Crippen LogP contribution in [0.25, 0.3) is 17.1 Å². The van der Waals surface area contributed by atoms with E-state index in [4.69, 9.17) is 11.6 Å². The Labute approximate surface area is 223 Å². The highest BCUT2D eigenvalue weighted by Gasteiger charge is 2.19. The number of carbonyl (C=O) groups is 1. The number of hydrogen-bond acceptors (Lipinski definition) is 7. The molecule has 0 aliphatic carbocycles. The number of hydrogen-bond donors (Lipinski definition) is 1. The topological polar surface area (TPSA) is 75.9 Å². The van der Waals surface area contributed by atoms with E-state index in [1.54, 1.807) is 0 Å². The van der Waals surface area contributed by atoms with Crippen LogP contribution in [0, 0.1) is 6.92 Å². The second-order valence-electron chi connectivity index (χ2n) is 8.68. The van der Waals surface area contributed by atoms with E-state index in [-0.39, 0.29) is 5.91 Å². The third-order valence-electron chi connectivity index (χ3n) is 6.06. The van der Waals surface area contributed by atoms with Gasteiger partial charge in [0.25, 0.3) is 5.91 Å². The minimum atomic E-state index is -0.120. The summed E-state index contributed by atoms with van der Waals surface area (Å²) in [6.45, 7) is 5.84. The molecular weight excluding hydrogens is 512 g/mol. The number of aromatic nitrogens is 4. The molecule has 1 aliphatic rings. The lowest BCUT2D eigenvalue weighted by molar-refractivity contribution is 0.0945. The van der Waals surface area contributed by atoms with Gasteiger partial charge in [-0.3, -0.25) is 9.36 Å². The van der Waals surface area contributed by atoms with Crippen LogP contribution in [0.5, 0.6) is 0 Å². The maximum atomic E-state index is 12.5. The Morgan fingerprint density at radius 1 is 1.11 bits per heavy atom. The Hall–Kier alpha value is -2.72. The van der Waals surface area contributed by atoms with Gasteiger partial charge in [-0.05, 0) is 57.1 Å². The van der Waals surface area contributed by atoms with Gasteiger partial charge in [-0.1, -0.05) is 53.2 Å². The molecule has 186 valence electrons. The minimum Gasteiger partial charge on any atom is -0.349 e. The number of benzene rings is 2. The normalized spacial score (nSPS) is 13.8. The van der Waals surface area contributed by atoms with Crippen LogP contribution in [-0.4, -0.2) is 56.7 Å². The summed E-state index contributed by atoms with van der Waals surface area (Å²) < 4.78 is 2.02. The van der Waals surface area contributed by atoms with Crippen molar-refractivity contribution >= 4 is 40.6 Å². The van der Waals surface area contributed by atoms with Gasteiger partial charge in [0.15, 0.2) is 11.0 Å². The number of thiazole rings is 1. The van der Waals surface area contributed by atoms with E-state index in [0.717, 1.165) is 41.0 Å². The second-order valence-corrected chi connectivity index (χ2v) is 11.0. The maximum absolute atomic E-state index is 12.5. The number of likely N-dealkylation sites (tertiary alicyclic amines) is 1. The SMILES string of the molecule is Cc1ccc(-n2c(SCc3nc(C(=O)NCCN4CCCC4)cs3)nnc2-c2ccccc2Cl)cc1. The molecular formula is C26H27ClN6OS2. The first-order chi connectivity index (χ1) is 17.6. The van der Waals surface area contributed by atoms with Crippen molar-refractivity contribution in [3.8, 4) is 17.1 Å². The highest BCUT2D eigenvalue weighted by molar-refractivity contribution is 7.98. The van der Waals surface area contributed by atoms with Crippen molar-refractivity contribution in [2.24, 2.45) is 0 Å². The highest BCUT2D eigenvalue weighted by Crippen LogP contribution is 2.33. The number of thioether (sulfide) groups is 1. The van der Waals surface area contributed by atoms with Crippen LogP contribution in [0.4, 0.5) is 0 Å². The summed E-state index contributed by atoms with van der Waals surface area (Å²) in [5.41, 5.74) is 3.42. The molecule has 7 nitrogen and oxygen atoms in total. The molecule has 1 fully saturated rings. The predicted molar refractivity (Wildman–Crippen MR) is 146 cm³/mol. The van der Waals surface area contributed by atoms with Gasteiger partial charge in [-0.2, -0.15) is 0 Å². The predicted octanol–water partition coefficient (Wildman–Crippen LogP) is 5.47. The van der Waals surface area contributed by atoms with Gasteiger partial charge in [0.05, 0.1) is 10.8 Å². The monoisotopic (exact) mass is 538 g/mol. The summed E-state index contributed by atoms with van der Waals surface area (Å²) >= 11 is 9.51. The zero-order valence-corrected chi connectivity index (χ0v) is 22.4. The molecule has 2 aromatic carbocycles. The molecule has 4 aromatic rings. The van der Waals surface area contributed by atoms with E-state index in [9.17, 15) is 4.79 Å². The fourth-order valence-corrected chi connectivity index (χ4v) is 6.10. The van der Waals surface area contributed by atoms with Crippen LogP contribution < -0.4 is 5.32 Å². The highest BCUT2D eigenvalue weighted by atomic mass is 35.5. The molecule has 5 rings (SSSR count). The number of halogens is 1. The molecule has 0 unspecified atom stereocenters. The average Bonchev–Trinajstić information content (AvgIpc) is 3.65. The Balaban J connectivity index is 1.30. The summed E-state index contributed by atoms with van der Waals surface area (Å²) in [5.74, 6) is 1.15. The van der Waals surface area contributed by atoms with E-state index < -0.39 is 0 Å². The van der Waals surface area contributed by atoms with Crippen LogP contribution in [-0.2, 0) is 5.75 Å².